The zero-order chi connectivity index (χ0) is 39.6. The lowest BCUT2D eigenvalue weighted by molar-refractivity contribution is 1.16. The van der Waals surface area contributed by atoms with Crippen LogP contribution in [0.3, 0.4) is 0 Å². The Hall–Kier alpha value is -8.08. The second-order valence-electron chi connectivity index (χ2n) is 15.4. The summed E-state index contributed by atoms with van der Waals surface area (Å²) in [4.78, 5) is 10.3. The quantitative estimate of drug-likeness (QED) is 0.169. The summed E-state index contributed by atoms with van der Waals surface area (Å²) in [5, 5.41) is 7.37. The van der Waals surface area contributed by atoms with Crippen LogP contribution in [0.2, 0.25) is 0 Å². The van der Waals surface area contributed by atoms with E-state index in [1.165, 1.54) is 54.6 Å². The number of para-hydroxylation sites is 2. The smallest absolute Gasteiger partial charge is 0.160 e. The highest BCUT2D eigenvalue weighted by atomic mass is 15.0. The van der Waals surface area contributed by atoms with Crippen molar-refractivity contribution < 1.29 is 0 Å². The lowest BCUT2D eigenvalue weighted by Gasteiger charge is -2.13. The van der Waals surface area contributed by atoms with Gasteiger partial charge in [-0.05, 0) is 71.1 Å². The van der Waals surface area contributed by atoms with E-state index in [1.807, 2.05) is 12.1 Å². The molecule has 3 heterocycles. The van der Waals surface area contributed by atoms with Gasteiger partial charge in [-0.1, -0.05) is 164 Å². The second-order valence-corrected chi connectivity index (χ2v) is 15.4. The van der Waals surface area contributed by atoms with Crippen LogP contribution in [0.25, 0.3) is 111 Å². The Labute approximate surface area is 346 Å². The molecular weight excluding hydrogens is 729 g/mol. The van der Waals surface area contributed by atoms with E-state index < -0.39 is 0 Å². The van der Waals surface area contributed by atoms with E-state index in [0.29, 0.717) is 5.82 Å². The highest BCUT2D eigenvalue weighted by Gasteiger charge is 2.18. The maximum absolute atomic E-state index is 5.16. The van der Waals surface area contributed by atoms with Crippen LogP contribution in [0.5, 0.6) is 0 Å². The van der Waals surface area contributed by atoms with Crippen LogP contribution in [0, 0.1) is 0 Å². The molecule has 12 rings (SSSR count). The van der Waals surface area contributed by atoms with Crippen molar-refractivity contribution >= 4 is 54.4 Å². The van der Waals surface area contributed by atoms with Crippen LogP contribution < -0.4 is 0 Å². The number of fused-ring (bicyclic) bond motifs is 7. The van der Waals surface area contributed by atoms with Crippen LogP contribution in [-0.4, -0.2) is 19.1 Å². The fraction of sp³-hybridized carbons (Fsp3) is 0. The Morgan fingerprint density at radius 1 is 0.283 bits per heavy atom. The molecule has 280 valence electrons. The highest BCUT2D eigenvalue weighted by molar-refractivity contribution is 6.13. The van der Waals surface area contributed by atoms with Gasteiger partial charge in [0.05, 0.1) is 39.1 Å². The van der Waals surface area contributed by atoms with Crippen LogP contribution in [-0.2, 0) is 0 Å². The molecule has 12 aromatic rings. The summed E-state index contributed by atoms with van der Waals surface area (Å²) in [5.74, 6) is 0.689. The van der Waals surface area contributed by atoms with Gasteiger partial charge in [0.1, 0.15) is 0 Å². The van der Waals surface area contributed by atoms with Gasteiger partial charge in [-0.2, -0.15) is 0 Å². The predicted molar refractivity (Wildman–Crippen MR) is 250 cm³/mol. The van der Waals surface area contributed by atoms with Crippen molar-refractivity contribution in [2.75, 3.05) is 0 Å². The van der Waals surface area contributed by atoms with Gasteiger partial charge in [-0.15, -0.1) is 0 Å². The van der Waals surface area contributed by atoms with Crippen LogP contribution >= 0.6 is 0 Å². The molecule has 3 aromatic heterocycles. The van der Waals surface area contributed by atoms with E-state index in [0.717, 1.165) is 50.4 Å². The second kappa shape index (κ2) is 13.8. The summed E-state index contributed by atoms with van der Waals surface area (Å²) < 4.78 is 4.81. The third-order valence-electron chi connectivity index (χ3n) is 11.9. The number of nitrogens with zero attached hydrogens (tertiary/aromatic N) is 4. The van der Waals surface area contributed by atoms with Crippen LogP contribution in [0.4, 0.5) is 0 Å². The Kier molecular flexibility index (Phi) is 7.82. The molecule has 0 aliphatic rings. The molecule has 60 heavy (non-hydrogen) atoms. The SMILES string of the molecule is c1ccc(-c2cc(-c3ccccc3)nc(-c3cccc(-n4c5ccccc5c5ccc(-c6ccc7c(c6)c6ccccc6n7-c6cccc7ccccc67)cc54)c3)n2)cc1. The molecule has 9 aromatic carbocycles. The summed E-state index contributed by atoms with van der Waals surface area (Å²) >= 11 is 0. The van der Waals surface area contributed by atoms with Crippen molar-refractivity contribution in [3.63, 3.8) is 0 Å². The van der Waals surface area contributed by atoms with Crippen LogP contribution in [0.15, 0.2) is 218 Å². The molecule has 0 bridgehead atoms. The molecule has 0 N–H and O–H groups in total. The van der Waals surface area contributed by atoms with E-state index in [9.17, 15) is 0 Å². The number of aromatic nitrogens is 4. The first-order valence-electron chi connectivity index (χ1n) is 20.4. The van der Waals surface area contributed by atoms with Crippen molar-refractivity contribution in [3.05, 3.63) is 218 Å². The molecule has 0 spiro atoms. The lowest BCUT2D eigenvalue weighted by Crippen LogP contribution is -1.98. The summed E-state index contributed by atoms with van der Waals surface area (Å²) in [6, 6.07) is 78.0. The molecule has 4 heteroatoms. The van der Waals surface area contributed by atoms with E-state index in [2.05, 4.69) is 215 Å². The molecule has 0 aliphatic carbocycles. The number of benzene rings is 9. The first-order chi connectivity index (χ1) is 29.7. The van der Waals surface area contributed by atoms with Gasteiger partial charge in [-0.25, -0.2) is 9.97 Å². The molecule has 4 nitrogen and oxygen atoms in total. The zero-order valence-electron chi connectivity index (χ0n) is 32.6. The van der Waals surface area contributed by atoms with Crippen molar-refractivity contribution in [3.8, 4) is 56.4 Å². The summed E-state index contributed by atoms with van der Waals surface area (Å²) in [6.07, 6.45) is 0. The fourth-order valence-corrected chi connectivity index (χ4v) is 9.12. The number of hydrogen-bond donors (Lipinski definition) is 0. The number of rotatable bonds is 6. The number of hydrogen-bond acceptors (Lipinski definition) is 2. The Morgan fingerprint density at radius 2 is 0.817 bits per heavy atom. The third-order valence-corrected chi connectivity index (χ3v) is 11.9. The molecule has 0 amide bonds. The average molecular weight is 765 g/mol. The molecular formula is C56H36N4. The zero-order valence-corrected chi connectivity index (χ0v) is 32.6. The van der Waals surface area contributed by atoms with Gasteiger partial charge in [0.2, 0.25) is 0 Å². The normalized spacial score (nSPS) is 11.7. The van der Waals surface area contributed by atoms with E-state index >= 15 is 0 Å². The fourth-order valence-electron chi connectivity index (χ4n) is 9.12. The molecule has 0 unspecified atom stereocenters. The minimum absolute atomic E-state index is 0.689. The topological polar surface area (TPSA) is 35.6 Å². The van der Waals surface area contributed by atoms with E-state index in [4.69, 9.17) is 9.97 Å². The Bertz CT molecular complexity index is 3530. The molecule has 0 saturated carbocycles. The third kappa shape index (κ3) is 5.53. The van der Waals surface area contributed by atoms with Gasteiger partial charge in [-0.3, -0.25) is 0 Å². The van der Waals surface area contributed by atoms with Crippen molar-refractivity contribution in [2.45, 2.75) is 0 Å². The first kappa shape index (κ1) is 34.0. The Morgan fingerprint density at radius 3 is 1.57 bits per heavy atom. The van der Waals surface area contributed by atoms with Crippen molar-refractivity contribution in [2.24, 2.45) is 0 Å². The van der Waals surface area contributed by atoms with E-state index in [-0.39, 0.29) is 0 Å². The average Bonchev–Trinajstić information content (AvgIpc) is 3.84. The molecule has 0 atom stereocenters. The minimum Gasteiger partial charge on any atom is -0.309 e. The molecule has 0 fully saturated rings. The largest absolute Gasteiger partial charge is 0.309 e. The summed E-state index contributed by atoms with van der Waals surface area (Å²) in [5.41, 5.74) is 14.1. The van der Waals surface area contributed by atoms with Gasteiger partial charge < -0.3 is 9.13 Å². The predicted octanol–water partition coefficient (Wildman–Crippen LogP) is 14.5. The van der Waals surface area contributed by atoms with Gasteiger partial charge in [0.25, 0.3) is 0 Å². The monoisotopic (exact) mass is 764 g/mol. The standard InChI is InChI=1S/C56H36N4/c1-3-16-38(17-4-1)49-36-50(39-18-5-2-6-19-39)58-56(57-49)42-21-13-22-43(33-42)59-52-26-11-9-24-45(52)47-31-29-41(35-55(47)59)40-30-32-54-48(34-40)46-25-10-12-27-53(46)60(54)51-28-14-20-37-15-7-8-23-44(37)51/h1-36H. The molecule has 0 aliphatic heterocycles. The summed E-state index contributed by atoms with van der Waals surface area (Å²) in [6.45, 7) is 0. The van der Waals surface area contributed by atoms with Crippen molar-refractivity contribution in [1.29, 1.82) is 0 Å². The van der Waals surface area contributed by atoms with E-state index in [1.54, 1.807) is 0 Å². The molecule has 0 radical (unpaired) electrons. The first-order valence-corrected chi connectivity index (χ1v) is 20.4. The van der Waals surface area contributed by atoms with Gasteiger partial charge in [0, 0.05) is 49.3 Å². The maximum Gasteiger partial charge on any atom is 0.160 e. The summed E-state index contributed by atoms with van der Waals surface area (Å²) in [7, 11) is 0. The van der Waals surface area contributed by atoms with Crippen LogP contribution in [0.1, 0.15) is 0 Å². The van der Waals surface area contributed by atoms with Gasteiger partial charge in [0.15, 0.2) is 5.82 Å². The van der Waals surface area contributed by atoms with Gasteiger partial charge >= 0.3 is 0 Å². The van der Waals surface area contributed by atoms with Crippen molar-refractivity contribution in [1.82, 2.24) is 19.1 Å². The Balaban J connectivity index is 1.02. The maximum atomic E-state index is 5.16. The minimum atomic E-state index is 0.689. The molecule has 0 saturated heterocycles. The highest BCUT2D eigenvalue weighted by Crippen LogP contribution is 2.40. The lowest BCUT2D eigenvalue weighted by atomic mass is 10.0.